The second kappa shape index (κ2) is 7.95. The molecule has 0 saturated carbocycles. The Hall–Kier alpha value is -3.95. The van der Waals surface area contributed by atoms with Crippen molar-refractivity contribution < 1.29 is 13.7 Å². The van der Waals surface area contributed by atoms with Gasteiger partial charge < -0.3 is 9.15 Å². The van der Waals surface area contributed by atoms with Crippen molar-refractivity contribution in [3.05, 3.63) is 105 Å². The molecule has 0 radical (unpaired) electrons. The summed E-state index contributed by atoms with van der Waals surface area (Å²) >= 11 is 6.27. The number of ether oxygens (including phenoxy) is 1. The number of halogens is 1. The lowest BCUT2D eigenvalue weighted by Crippen LogP contribution is -2.36. The van der Waals surface area contributed by atoms with Gasteiger partial charge in [0.1, 0.15) is 11.5 Å². The second-order valence-electron chi connectivity index (χ2n) is 7.57. The summed E-state index contributed by atoms with van der Waals surface area (Å²) in [6, 6.07) is 20.5. The van der Waals surface area contributed by atoms with Crippen molar-refractivity contribution in [1.29, 1.82) is 10.7 Å². The molecule has 1 aliphatic rings. The summed E-state index contributed by atoms with van der Waals surface area (Å²) in [6.07, 6.45) is 3.74. The maximum atomic E-state index is 12.9. The van der Waals surface area contributed by atoms with Crippen molar-refractivity contribution >= 4 is 28.5 Å². The van der Waals surface area contributed by atoms with E-state index in [1.54, 1.807) is 24.3 Å². The van der Waals surface area contributed by atoms with Crippen LogP contribution in [0.3, 0.4) is 0 Å². The molecular weight excluding hydrogens is 426 g/mol. The first kappa shape index (κ1) is 20.0. The van der Waals surface area contributed by atoms with Gasteiger partial charge in [0, 0.05) is 23.6 Å². The smallest absolute Gasteiger partial charge is 0.343 e. The number of rotatable bonds is 3. The van der Waals surface area contributed by atoms with Gasteiger partial charge in [0.05, 0.1) is 22.0 Å². The van der Waals surface area contributed by atoms with Crippen LogP contribution in [0.2, 0.25) is 5.02 Å². The summed E-state index contributed by atoms with van der Waals surface area (Å²) < 4.78 is 13.2. The maximum absolute atomic E-state index is 12.9. The summed E-state index contributed by atoms with van der Waals surface area (Å²) in [7, 11) is 0. The third-order valence-corrected chi connectivity index (χ3v) is 6.03. The molecule has 0 amide bonds. The molecule has 32 heavy (non-hydrogen) atoms. The Morgan fingerprint density at radius 3 is 2.53 bits per heavy atom. The Bertz CT molecular complexity index is 1450. The highest BCUT2D eigenvalue weighted by atomic mass is 35.5. The zero-order valence-electron chi connectivity index (χ0n) is 16.8. The molecule has 7 heteroatoms. The van der Waals surface area contributed by atoms with Crippen LogP contribution >= 0.6 is 11.6 Å². The number of hydrogen-bond acceptors (Lipinski definition) is 5. The van der Waals surface area contributed by atoms with Gasteiger partial charge in [0.15, 0.2) is 24.7 Å². The topological polar surface area (TPSA) is 91.0 Å². The van der Waals surface area contributed by atoms with Crippen molar-refractivity contribution in [2.24, 2.45) is 5.92 Å². The highest BCUT2D eigenvalue weighted by Crippen LogP contribution is 2.43. The van der Waals surface area contributed by atoms with Gasteiger partial charge in [-0.15, -0.1) is 0 Å². The molecule has 3 heterocycles. The molecule has 4 aromatic rings. The summed E-state index contributed by atoms with van der Waals surface area (Å²) in [4.78, 5) is 12.9. The first-order valence-corrected chi connectivity index (χ1v) is 10.4. The van der Waals surface area contributed by atoms with E-state index < -0.39 is 17.5 Å². The van der Waals surface area contributed by atoms with Crippen molar-refractivity contribution in [2.45, 2.75) is 12.5 Å². The summed E-state index contributed by atoms with van der Waals surface area (Å²) in [6.45, 7) is 0.578. The van der Waals surface area contributed by atoms with Crippen LogP contribution in [0.1, 0.15) is 22.6 Å². The first-order valence-electron chi connectivity index (χ1n) is 10.0. The van der Waals surface area contributed by atoms with Crippen LogP contribution in [0.5, 0.6) is 5.75 Å². The van der Waals surface area contributed by atoms with Gasteiger partial charge >= 0.3 is 5.63 Å². The standard InChI is InChI=1S/C25H17ClN3O3/c26-19-7-3-1-5-16(19)14-29-11-9-15(10-12-29)21-18(13-27)24(28)32-23-17-6-2-4-8-20(17)31-25(30)22(21)23/h1-12,18,21,28H,14H2/q+1. The lowest BCUT2D eigenvalue weighted by molar-refractivity contribution is -0.688. The van der Waals surface area contributed by atoms with Gasteiger partial charge in [0.2, 0.25) is 5.90 Å². The highest BCUT2D eigenvalue weighted by Gasteiger charge is 2.41. The van der Waals surface area contributed by atoms with Crippen LogP contribution < -0.4 is 14.9 Å². The minimum atomic E-state index is -0.939. The zero-order valence-corrected chi connectivity index (χ0v) is 17.5. The van der Waals surface area contributed by atoms with Gasteiger partial charge in [-0.3, -0.25) is 5.41 Å². The molecule has 2 aromatic heterocycles. The lowest BCUT2D eigenvalue weighted by Gasteiger charge is -2.29. The number of nitrogens with zero attached hydrogens (tertiary/aromatic N) is 2. The molecule has 0 aliphatic carbocycles. The third kappa shape index (κ3) is 3.33. The predicted octanol–water partition coefficient (Wildman–Crippen LogP) is 4.42. The largest absolute Gasteiger partial charge is 0.441 e. The highest BCUT2D eigenvalue weighted by molar-refractivity contribution is 6.31. The average molecular weight is 443 g/mol. The van der Waals surface area contributed by atoms with Crippen molar-refractivity contribution in [2.75, 3.05) is 0 Å². The number of benzene rings is 2. The van der Waals surface area contributed by atoms with Crippen LogP contribution in [0.4, 0.5) is 0 Å². The average Bonchev–Trinajstić information content (AvgIpc) is 2.80. The predicted molar refractivity (Wildman–Crippen MR) is 119 cm³/mol. The molecule has 0 saturated heterocycles. The quantitative estimate of drug-likeness (QED) is 0.375. The van der Waals surface area contributed by atoms with Crippen LogP contribution in [0, 0.1) is 22.7 Å². The van der Waals surface area contributed by atoms with E-state index in [0.717, 1.165) is 11.1 Å². The molecule has 1 aliphatic heterocycles. The summed E-state index contributed by atoms with van der Waals surface area (Å²) in [5.41, 5.74) is 1.78. The van der Waals surface area contributed by atoms with Crippen LogP contribution in [0.25, 0.3) is 11.0 Å². The number of pyridine rings is 1. The Balaban J connectivity index is 1.60. The van der Waals surface area contributed by atoms with E-state index >= 15 is 0 Å². The number of hydrogen-bond donors (Lipinski definition) is 1. The summed E-state index contributed by atoms with van der Waals surface area (Å²) in [5, 5.41) is 19.4. The Labute approximate surface area is 188 Å². The van der Waals surface area contributed by atoms with E-state index in [9.17, 15) is 10.1 Å². The number of nitrogens with one attached hydrogen (secondary N) is 1. The van der Waals surface area contributed by atoms with Gasteiger partial charge in [0.25, 0.3) is 0 Å². The number of para-hydroxylation sites is 1. The molecule has 0 spiro atoms. The number of fused-ring (bicyclic) bond motifs is 3. The number of aromatic nitrogens is 1. The molecular formula is C25H17ClN3O3+. The molecule has 6 nitrogen and oxygen atoms in total. The molecule has 2 unspecified atom stereocenters. The van der Waals surface area contributed by atoms with Crippen molar-refractivity contribution in [1.82, 2.24) is 0 Å². The van der Waals surface area contributed by atoms with Crippen LogP contribution in [0.15, 0.2) is 82.3 Å². The molecule has 156 valence electrons. The monoisotopic (exact) mass is 442 g/mol. The minimum Gasteiger partial charge on any atom is -0.441 e. The van der Waals surface area contributed by atoms with E-state index in [1.807, 2.05) is 53.4 Å². The van der Waals surface area contributed by atoms with E-state index in [1.165, 1.54) is 0 Å². The van der Waals surface area contributed by atoms with Gasteiger partial charge in [-0.1, -0.05) is 41.9 Å². The summed E-state index contributed by atoms with van der Waals surface area (Å²) in [5.74, 6) is -1.52. The van der Waals surface area contributed by atoms with Gasteiger partial charge in [-0.2, -0.15) is 5.26 Å². The molecule has 2 aromatic carbocycles. The van der Waals surface area contributed by atoms with Crippen molar-refractivity contribution in [3.8, 4) is 11.8 Å². The fraction of sp³-hybridized carbons (Fsp3) is 0.120. The molecule has 0 bridgehead atoms. The molecule has 2 atom stereocenters. The van der Waals surface area contributed by atoms with Crippen molar-refractivity contribution in [3.63, 3.8) is 0 Å². The molecule has 5 rings (SSSR count). The third-order valence-electron chi connectivity index (χ3n) is 5.66. The zero-order chi connectivity index (χ0) is 22.2. The van der Waals surface area contributed by atoms with Gasteiger partial charge in [-0.05, 0) is 23.8 Å². The molecule has 1 N–H and O–H groups in total. The van der Waals surface area contributed by atoms with Gasteiger partial charge in [-0.25, -0.2) is 9.36 Å². The Kier molecular flexibility index (Phi) is 4.96. The Morgan fingerprint density at radius 2 is 1.78 bits per heavy atom. The lowest BCUT2D eigenvalue weighted by atomic mass is 9.79. The minimum absolute atomic E-state index is 0.187. The number of nitriles is 1. The first-order chi connectivity index (χ1) is 15.6. The maximum Gasteiger partial charge on any atom is 0.343 e. The second-order valence-corrected chi connectivity index (χ2v) is 7.98. The molecule has 0 fully saturated rings. The SMILES string of the molecule is N#CC1C(=N)Oc2c(c(=O)oc3ccccc23)C1c1cc[n+](Cc2ccccc2Cl)cc1. The van der Waals surface area contributed by atoms with Crippen LogP contribution in [-0.2, 0) is 6.54 Å². The normalized spacial score (nSPS) is 17.4. The van der Waals surface area contributed by atoms with Crippen LogP contribution in [-0.4, -0.2) is 5.90 Å². The Morgan fingerprint density at radius 1 is 1.06 bits per heavy atom. The van der Waals surface area contributed by atoms with E-state index in [4.69, 9.17) is 26.2 Å². The fourth-order valence-electron chi connectivity index (χ4n) is 4.10. The van der Waals surface area contributed by atoms with E-state index in [-0.39, 0.29) is 17.2 Å². The fourth-order valence-corrected chi connectivity index (χ4v) is 4.30. The van der Waals surface area contributed by atoms with E-state index in [0.29, 0.717) is 22.5 Å². The van der Waals surface area contributed by atoms with E-state index in [2.05, 4.69) is 6.07 Å².